The second-order valence-electron chi connectivity index (χ2n) is 11.7. The molecule has 0 spiro atoms. The molecular formula is C26H40O6. The van der Waals surface area contributed by atoms with E-state index >= 15 is 0 Å². The zero-order valence-corrected chi connectivity index (χ0v) is 19.8. The Morgan fingerprint density at radius 1 is 1.03 bits per heavy atom. The molecule has 4 saturated carbocycles. The van der Waals surface area contributed by atoms with Crippen LogP contribution >= 0.6 is 0 Å². The zero-order valence-electron chi connectivity index (χ0n) is 19.8. The van der Waals surface area contributed by atoms with Gasteiger partial charge in [0.15, 0.2) is 0 Å². The number of rotatable bonds is 8. The summed E-state index contributed by atoms with van der Waals surface area (Å²) in [5, 5.41) is 9.18. The van der Waals surface area contributed by atoms with Crippen molar-refractivity contribution in [2.24, 2.45) is 46.3 Å². The molecule has 0 bridgehead atoms. The standard InChI is InChI=1S/C26H40O6/c1-16(4-9-24(29)30)20-7-8-21-19-6-5-17-12-18(31-14-27)10-11-25(17,2)22(19)13-23(32-15-28)26(20,21)3/h14-23H,4-13H2,1-3H3,(H,29,30)/t16?,17-,18-,19?,20-,21?,22?,23+,25+,26-/m1/s1. The maximum Gasteiger partial charge on any atom is 0.303 e. The van der Waals surface area contributed by atoms with E-state index in [2.05, 4.69) is 20.8 Å². The largest absolute Gasteiger partial charge is 0.481 e. The highest BCUT2D eigenvalue weighted by Crippen LogP contribution is 2.68. The first-order valence-electron chi connectivity index (χ1n) is 12.7. The molecular weight excluding hydrogens is 408 g/mol. The molecule has 0 aromatic carbocycles. The van der Waals surface area contributed by atoms with E-state index in [-0.39, 0.29) is 29.5 Å². The summed E-state index contributed by atoms with van der Waals surface area (Å²) in [5.74, 6) is 2.18. The summed E-state index contributed by atoms with van der Waals surface area (Å²) in [6.07, 6.45) is 9.29. The van der Waals surface area contributed by atoms with Gasteiger partial charge in [0.2, 0.25) is 0 Å². The van der Waals surface area contributed by atoms with Crippen LogP contribution in [0.4, 0.5) is 0 Å². The molecule has 0 heterocycles. The van der Waals surface area contributed by atoms with E-state index in [1.165, 1.54) is 12.8 Å². The van der Waals surface area contributed by atoms with E-state index in [0.717, 1.165) is 38.5 Å². The lowest BCUT2D eigenvalue weighted by Crippen LogP contribution is -2.59. The minimum Gasteiger partial charge on any atom is -0.481 e. The van der Waals surface area contributed by atoms with E-state index in [1.54, 1.807) is 0 Å². The fourth-order valence-corrected chi connectivity index (χ4v) is 9.14. The van der Waals surface area contributed by atoms with Gasteiger partial charge in [0, 0.05) is 11.8 Å². The second kappa shape index (κ2) is 8.98. The van der Waals surface area contributed by atoms with Gasteiger partial charge in [-0.2, -0.15) is 0 Å². The number of carboxylic acids is 1. The number of hydrogen-bond acceptors (Lipinski definition) is 5. The van der Waals surface area contributed by atoms with E-state index in [9.17, 15) is 19.5 Å². The Hall–Kier alpha value is -1.59. The third kappa shape index (κ3) is 3.75. The Bertz CT molecular complexity index is 723. The van der Waals surface area contributed by atoms with Gasteiger partial charge in [0.25, 0.3) is 12.9 Å². The molecule has 1 N–H and O–H groups in total. The monoisotopic (exact) mass is 448 g/mol. The number of carboxylic acid groups (broad SMARTS) is 1. The van der Waals surface area contributed by atoms with Crippen molar-refractivity contribution < 1.29 is 29.0 Å². The minimum atomic E-state index is -0.735. The predicted octanol–water partition coefficient (Wildman–Crippen LogP) is 4.84. The number of fused-ring (bicyclic) bond motifs is 5. The van der Waals surface area contributed by atoms with Crippen molar-refractivity contribution in [1.82, 2.24) is 0 Å². The van der Waals surface area contributed by atoms with E-state index in [4.69, 9.17) is 9.47 Å². The molecule has 0 aromatic heterocycles. The molecule has 0 radical (unpaired) electrons. The number of aliphatic carboxylic acids is 1. The van der Waals surface area contributed by atoms with Crippen molar-refractivity contribution >= 4 is 18.9 Å². The average molecular weight is 449 g/mol. The van der Waals surface area contributed by atoms with Gasteiger partial charge >= 0.3 is 5.97 Å². The summed E-state index contributed by atoms with van der Waals surface area (Å²) in [7, 11) is 0. The van der Waals surface area contributed by atoms with Gasteiger partial charge < -0.3 is 14.6 Å². The summed E-state index contributed by atoms with van der Waals surface area (Å²) in [4.78, 5) is 33.6. The van der Waals surface area contributed by atoms with Gasteiger partial charge in [-0.05, 0) is 98.7 Å². The Balaban J connectivity index is 1.59. The zero-order chi connectivity index (χ0) is 23.1. The highest BCUT2D eigenvalue weighted by atomic mass is 16.5. The number of hydrogen-bond donors (Lipinski definition) is 1. The predicted molar refractivity (Wildman–Crippen MR) is 119 cm³/mol. The number of carbonyl (C=O) groups excluding carboxylic acids is 2. The van der Waals surface area contributed by atoms with Crippen molar-refractivity contribution in [3.63, 3.8) is 0 Å². The van der Waals surface area contributed by atoms with Gasteiger partial charge in [0.05, 0.1) is 0 Å². The molecule has 180 valence electrons. The molecule has 0 aliphatic heterocycles. The summed E-state index contributed by atoms with van der Waals surface area (Å²) in [5.41, 5.74) is 0.117. The quantitative estimate of drug-likeness (QED) is 0.535. The van der Waals surface area contributed by atoms with Gasteiger partial charge in [-0.15, -0.1) is 0 Å². The normalized spacial score (nSPS) is 46.2. The third-order valence-corrected chi connectivity index (χ3v) is 10.7. The lowest BCUT2D eigenvalue weighted by atomic mass is 9.43. The van der Waals surface area contributed by atoms with Crippen LogP contribution in [0.15, 0.2) is 0 Å². The average Bonchev–Trinajstić information content (AvgIpc) is 3.11. The Labute approximate surface area is 191 Å². The topological polar surface area (TPSA) is 89.9 Å². The molecule has 4 aliphatic carbocycles. The SMILES string of the molecule is CC(CCC(=O)O)[C@H]1CCC2C3CC[C@@H]4C[C@H](OC=O)CC[C@]4(C)C3C[C@H](OC=O)[C@@]21C. The van der Waals surface area contributed by atoms with E-state index in [1.807, 2.05) is 0 Å². The van der Waals surface area contributed by atoms with Crippen LogP contribution in [0, 0.1) is 46.3 Å². The minimum absolute atomic E-state index is 0.0453. The molecule has 0 amide bonds. The first-order valence-corrected chi connectivity index (χ1v) is 12.7. The summed E-state index contributed by atoms with van der Waals surface area (Å²) in [6, 6.07) is 0. The van der Waals surface area contributed by atoms with Crippen LogP contribution in [-0.4, -0.2) is 36.2 Å². The summed E-state index contributed by atoms with van der Waals surface area (Å²) >= 11 is 0. The van der Waals surface area contributed by atoms with Gasteiger partial charge in [-0.25, -0.2) is 0 Å². The number of ether oxygens (including phenoxy) is 2. The fraction of sp³-hybridized carbons (Fsp3) is 0.885. The van der Waals surface area contributed by atoms with Crippen LogP contribution in [-0.2, 0) is 23.9 Å². The highest BCUT2D eigenvalue weighted by Gasteiger charge is 2.64. The second-order valence-corrected chi connectivity index (χ2v) is 11.7. The maximum absolute atomic E-state index is 11.6. The summed E-state index contributed by atoms with van der Waals surface area (Å²) in [6.45, 7) is 8.21. The highest BCUT2D eigenvalue weighted by molar-refractivity contribution is 5.66. The van der Waals surface area contributed by atoms with Crippen LogP contribution in [0.2, 0.25) is 0 Å². The molecule has 32 heavy (non-hydrogen) atoms. The molecule has 4 unspecified atom stereocenters. The van der Waals surface area contributed by atoms with Gasteiger partial charge in [-0.1, -0.05) is 20.8 Å². The molecule has 6 nitrogen and oxygen atoms in total. The smallest absolute Gasteiger partial charge is 0.303 e. The van der Waals surface area contributed by atoms with E-state index in [0.29, 0.717) is 54.9 Å². The van der Waals surface area contributed by atoms with Crippen LogP contribution < -0.4 is 0 Å². The molecule has 6 heteroatoms. The maximum atomic E-state index is 11.6. The Morgan fingerprint density at radius 3 is 2.47 bits per heavy atom. The molecule has 10 atom stereocenters. The Morgan fingerprint density at radius 2 is 1.78 bits per heavy atom. The van der Waals surface area contributed by atoms with E-state index < -0.39 is 5.97 Å². The van der Waals surface area contributed by atoms with Gasteiger partial charge in [-0.3, -0.25) is 14.4 Å². The van der Waals surface area contributed by atoms with Crippen LogP contribution in [0.25, 0.3) is 0 Å². The molecule has 4 aliphatic rings. The molecule has 0 saturated heterocycles. The van der Waals surface area contributed by atoms with Gasteiger partial charge in [0.1, 0.15) is 12.2 Å². The van der Waals surface area contributed by atoms with Crippen LogP contribution in [0.5, 0.6) is 0 Å². The van der Waals surface area contributed by atoms with Crippen molar-refractivity contribution in [1.29, 1.82) is 0 Å². The number of carbonyl (C=O) groups is 3. The van der Waals surface area contributed by atoms with Crippen molar-refractivity contribution in [2.75, 3.05) is 0 Å². The lowest BCUT2D eigenvalue weighted by Gasteiger charge is -2.62. The molecule has 4 rings (SSSR count). The van der Waals surface area contributed by atoms with Crippen LogP contribution in [0.3, 0.4) is 0 Å². The van der Waals surface area contributed by atoms with Crippen molar-refractivity contribution in [3.05, 3.63) is 0 Å². The van der Waals surface area contributed by atoms with Crippen molar-refractivity contribution in [3.8, 4) is 0 Å². The summed E-state index contributed by atoms with van der Waals surface area (Å²) < 4.78 is 11.2. The van der Waals surface area contributed by atoms with Crippen LogP contribution in [0.1, 0.15) is 85.0 Å². The molecule has 4 fully saturated rings. The fourth-order valence-electron chi connectivity index (χ4n) is 9.14. The third-order valence-electron chi connectivity index (χ3n) is 10.7. The Kier molecular flexibility index (Phi) is 6.61. The molecule has 0 aromatic rings. The first-order chi connectivity index (χ1) is 15.3. The first kappa shape index (κ1) is 23.6. The lowest BCUT2D eigenvalue weighted by molar-refractivity contribution is -0.190. The van der Waals surface area contributed by atoms with Crippen molar-refractivity contribution in [2.45, 2.75) is 97.2 Å².